The molecule has 1 aliphatic rings. The predicted molar refractivity (Wildman–Crippen MR) is 90.3 cm³/mol. The first-order valence-electron chi connectivity index (χ1n) is 7.51. The van der Waals surface area contributed by atoms with Gasteiger partial charge in [-0.1, -0.05) is 24.6 Å². The first-order chi connectivity index (χ1) is 10.3. The van der Waals surface area contributed by atoms with E-state index < -0.39 is 10.1 Å². The van der Waals surface area contributed by atoms with E-state index in [0.29, 0.717) is 16.7 Å². The molecule has 4 nitrogen and oxygen atoms in total. The van der Waals surface area contributed by atoms with Crippen LogP contribution in [0.15, 0.2) is 29.2 Å². The van der Waals surface area contributed by atoms with Crippen LogP contribution in [0.25, 0.3) is 0 Å². The fraction of sp³-hybridized carbons (Fsp3) is 0.562. The van der Waals surface area contributed by atoms with E-state index in [-0.39, 0.29) is 4.90 Å². The first kappa shape index (κ1) is 19.2. The van der Waals surface area contributed by atoms with E-state index in [2.05, 4.69) is 0 Å². The Morgan fingerprint density at radius 1 is 1.14 bits per heavy atom. The molecular weight excluding hydrogens is 320 g/mol. The highest BCUT2D eigenvalue weighted by molar-refractivity contribution is 7.97. The van der Waals surface area contributed by atoms with Gasteiger partial charge in [0.15, 0.2) is 11.5 Å². The second kappa shape index (κ2) is 9.33. The number of carbonyl (C=O) groups is 1. The fourth-order valence-corrected chi connectivity index (χ4v) is 4.92. The van der Waals surface area contributed by atoms with Gasteiger partial charge in [-0.05, 0) is 49.2 Å². The van der Waals surface area contributed by atoms with E-state index in [4.69, 9.17) is 0 Å². The standard InChI is InChI=1S/C9H17OS.C7H8O3S/c1-2-9(10)8-11-6-4-3-5-7-11;1-6-2-4-7(5-3-6)11(8,9)10/h2-8H2,1H3;2-5H,1H3,(H,8,9,10)/q+1;/p-1. The van der Waals surface area contributed by atoms with Crippen molar-refractivity contribution < 1.29 is 17.8 Å². The summed E-state index contributed by atoms with van der Waals surface area (Å²) < 4.78 is 31.2. The summed E-state index contributed by atoms with van der Waals surface area (Å²) in [4.78, 5) is 10.9. The molecule has 2 rings (SSSR count). The van der Waals surface area contributed by atoms with E-state index in [0.717, 1.165) is 17.7 Å². The van der Waals surface area contributed by atoms with Gasteiger partial charge in [-0.25, -0.2) is 8.42 Å². The van der Waals surface area contributed by atoms with Crippen LogP contribution in [0.3, 0.4) is 0 Å². The Hall–Kier alpha value is -0.850. The molecule has 1 aromatic rings. The van der Waals surface area contributed by atoms with Crippen molar-refractivity contribution in [2.75, 3.05) is 17.3 Å². The molecule has 1 heterocycles. The van der Waals surface area contributed by atoms with Gasteiger partial charge in [-0.2, -0.15) is 0 Å². The monoisotopic (exact) mass is 344 g/mol. The average Bonchev–Trinajstić information content (AvgIpc) is 2.48. The van der Waals surface area contributed by atoms with Gasteiger partial charge in [-0.15, -0.1) is 0 Å². The van der Waals surface area contributed by atoms with Crippen LogP contribution in [0.5, 0.6) is 0 Å². The molecule has 1 saturated heterocycles. The number of carbonyl (C=O) groups excluding carboxylic acids is 1. The van der Waals surface area contributed by atoms with Crippen molar-refractivity contribution in [3.8, 4) is 0 Å². The molecule has 0 atom stereocenters. The normalized spacial score (nSPS) is 15.8. The lowest BCUT2D eigenvalue weighted by Gasteiger charge is -2.12. The molecular formula is C16H24O4S2. The molecule has 0 aliphatic carbocycles. The highest BCUT2D eigenvalue weighted by Gasteiger charge is 2.23. The third-order valence-corrected chi connectivity index (χ3v) is 6.75. The highest BCUT2D eigenvalue weighted by atomic mass is 32.2. The largest absolute Gasteiger partial charge is 0.744 e. The van der Waals surface area contributed by atoms with Crippen LogP contribution in [0.2, 0.25) is 0 Å². The van der Waals surface area contributed by atoms with Crippen molar-refractivity contribution in [1.82, 2.24) is 0 Å². The van der Waals surface area contributed by atoms with Gasteiger partial charge in [0, 0.05) is 6.42 Å². The Morgan fingerprint density at radius 3 is 2.14 bits per heavy atom. The van der Waals surface area contributed by atoms with Crippen LogP contribution < -0.4 is 0 Å². The van der Waals surface area contributed by atoms with Gasteiger partial charge in [-0.3, -0.25) is 4.79 Å². The summed E-state index contributed by atoms with van der Waals surface area (Å²) in [5.74, 6) is 4.00. The van der Waals surface area contributed by atoms with Crippen molar-refractivity contribution in [3.63, 3.8) is 0 Å². The molecule has 0 saturated carbocycles. The number of benzene rings is 1. The Bertz CT molecular complexity index is 558. The van der Waals surface area contributed by atoms with E-state index >= 15 is 0 Å². The van der Waals surface area contributed by atoms with E-state index in [9.17, 15) is 17.8 Å². The maximum absolute atomic E-state index is 11.1. The fourth-order valence-electron chi connectivity index (χ4n) is 2.07. The summed E-state index contributed by atoms with van der Waals surface area (Å²) >= 11 is 0. The summed E-state index contributed by atoms with van der Waals surface area (Å²) in [5, 5.41) is 0. The summed E-state index contributed by atoms with van der Waals surface area (Å²) in [5.41, 5.74) is 0.928. The molecule has 6 heteroatoms. The minimum Gasteiger partial charge on any atom is -0.744 e. The molecule has 1 fully saturated rings. The van der Waals surface area contributed by atoms with Crippen molar-refractivity contribution in [2.45, 2.75) is 44.4 Å². The summed E-state index contributed by atoms with van der Waals surface area (Å²) in [6, 6.07) is 5.78. The summed E-state index contributed by atoms with van der Waals surface area (Å²) in [6.07, 6.45) is 4.85. The first-order valence-corrected chi connectivity index (χ1v) is 10.7. The van der Waals surface area contributed by atoms with Crippen molar-refractivity contribution >= 4 is 26.8 Å². The topological polar surface area (TPSA) is 74.3 Å². The van der Waals surface area contributed by atoms with Crippen LogP contribution >= 0.6 is 0 Å². The third-order valence-electron chi connectivity index (χ3n) is 3.44. The molecule has 1 aromatic carbocycles. The number of rotatable bonds is 4. The lowest BCUT2D eigenvalue weighted by atomic mass is 10.2. The zero-order valence-electron chi connectivity index (χ0n) is 13.2. The van der Waals surface area contributed by atoms with Gasteiger partial charge >= 0.3 is 0 Å². The lowest BCUT2D eigenvalue weighted by Crippen LogP contribution is -2.25. The Morgan fingerprint density at radius 2 is 1.68 bits per heavy atom. The molecule has 0 spiro atoms. The van der Waals surface area contributed by atoms with E-state index in [1.165, 1.54) is 42.9 Å². The van der Waals surface area contributed by atoms with E-state index in [1.807, 2.05) is 13.8 Å². The van der Waals surface area contributed by atoms with E-state index in [1.54, 1.807) is 12.1 Å². The molecule has 124 valence electrons. The Labute approximate surface area is 136 Å². The molecule has 0 amide bonds. The number of hydrogen-bond donors (Lipinski definition) is 0. The molecule has 0 radical (unpaired) electrons. The Kier molecular flexibility index (Phi) is 8.14. The maximum Gasteiger partial charge on any atom is 0.181 e. The van der Waals surface area contributed by atoms with Gasteiger partial charge in [0.1, 0.15) is 21.6 Å². The predicted octanol–water partition coefficient (Wildman–Crippen LogP) is 2.67. The summed E-state index contributed by atoms with van der Waals surface area (Å²) in [7, 11) is -3.79. The van der Waals surface area contributed by atoms with Crippen LogP contribution in [-0.2, 0) is 25.8 Å². The second-order valence-electron chi connectivity index (χ2n) is 5.39. The zero-order valence-corrected chi connectivity index (χ0v) is 14.8. The van der Waals surface area contributed by atoms with Crippen molar-refractivity contribution in [1.29, 1.82) is 0 Å². The van der Waals surface area contributed by atoms with Gasteiger partial charge in [0.2, 0.25) is 0 Å². The number of ketones is 1. The zero-order chi connectivity index (χ0) is 16.6. The molecule has 0 unspecified atom stereocenters. The van der Waals surface area contributed by atoms with Crippen LogP contribution in [0.4, 0.5) is 0 Å². The van der Waals surface area contributed by atoms with Crippen LogP contribution in [-0.4, -0.2) is 36.0 Å². The molecule has 0 aromatic heterocycles. The molecule has 0 N–H and O–H groups in total. The van der Waals surface area contributed by atoms with Gasteiger partial charge in [0.05, 0.1) is 4.90 Å². The highest BCUT2D eigenvalue weighted by Crippen LogP contribution is 2.13. The molecule has 22 heavy (non-hydrogen) atoms. The number of hydrogen-bond acceptors (Lipinski definition) is 4. The minimum atomic E-state index is -4.27. The van der Waals surface area contributed by atoms with Crippen LogP contribution in [0.1, 0.15) is 38.2 Å². The molecule has 0 bridgehead atoms. The number of aryl methyl sites for hydroxylation is 1. The smallest absolute Gasteiger partial charge is 0.181 e. The van der Waals surface area contributed by atoms with Crippen molar-refractivity contribution in [3.05, 3.63) is 29.8 Å². The third kappa shape index (κ3) is 7.42. The van der Waals surface area contributed by atoms with Gasteiger partial charge in [0.25, 0.3) is 0 Å². The van der Waals surface area contributed by atoms with Crippen molar-refractivity contribution in [2.24, 2.45) is 0 Å². The average molecular weight is 344 g/mol. The summed E-state index contributed by atoms with van der Waals surface area (Å²) in [6.45, 7) is 3.79. The second-order valence-corrected chi connectivity index (χ2v) is 9.09. The minimum absolute atomic E-state index is 0.178. The quantitative estimate of drug-likeness (QED) is 0.622. The van der Waals surface area contributed by atoms with Gasteiger partial charge < -0.3 is 4.55 Å². The van der Waals surface area contributed by atoms with Crippen LogP contribution in [0, 0.1) is 6.92 Å². The Balaban J connectivity index is 0.000000220. The maximum atomic E-state index is 11.1. The lowest BCUT2D eigenvalue weighted by molar-refractivity contribution is -0.116. The number of Topliss-reactive ketones (excluding diaryl/α,β-unsaturated/α-hetero) is 1. The SMILES string of the molecule is CCC(=O)C[S+]1CCCCC1.Cc1ccc(S(=O)(=O)[O-])cc1. The molecule has 1 aliphatic heterocycles.